The van der Waals surface area contributed by atoms with Crippen LogP contribution in [-0.2, 0) is 35.3 Å². The van der Waals surface area contributed by atoms with E-state index in [0.29, 0.717) is 6.42 Å². The molecule has 0 aliphatic carbocycles. The maximum absolute atomic E-state index is 13.5. The van der Waals surface area contributed by atoms with E-state index in [1.807, 2.05) is 6.92 Å². The average Bonchev–Trinajstić information content (AvgIpc) is 3.09. The van der Waals surface area contributed by atoms with Crippen molar-refractivity contribution in [1.29, 1.82) is 0 Å². The lowest BCUT2D eigenvalue weighted by atomic mass is 9.99. The Balaban J connectivity index is 2.09. The molecule has 0 saturated carbocycles. The van der Waals surface area contributed by atoms with Crippen molar-refractivity contribution in [2.24, 2.45) is 5.16 Å². The van der Waals surface area contributed by atoms with Gasteiger partial charge in [0.25, 0.3) is 5.91 Å². The minimum atomic E-state index is -2.01. The summed E-state index contributed by atoms with van der Waals surface area (Å²) in [6.45, 7) is 7.78. The molecule has 1 heterocycles. The molecule has 1 fully saturated rings. The Morgan fingerprint density at radius 2 is 1.66 bits per heavy atom. The van der Waals surface area contributed by atoms with E-state index in [1.165, 1.54) is 17.2 Å². The molecule has 1 aromatic carbocycles. The van der Waals surface area contributed by atoms with E-state index in [-0.39, 0.29) is 36.3 Å². The topological polar surface area (TPSA) is 248 Å². The summed E-state index contributed by atoms with van der Waals surface area (Å²) in [4.78, 5) is 66.3. The van der Waals surface area contributed by atoms with Crippen LogP contribution >= 0.6 is 0 Å². The highest BCUT2D eigenvalue weighted by Gasteiger charge is 2.48. The number of oxime groups is 1. The first-order chi connectivity index (χ1) is 25.0. The van der Waals surface area contributed by atoms with Gasteiger partial charge in [-0.25, -0.2) is 4.79 Å². The summed E-state index contributed by atoms with van der Waals surface area (Å²) in [7, 11) is 5.03. The Bertz CT molecular complexity index is 1530. The fourth-order valence-electron chi connectivity index (χ4n) is 5.20. The van der Waals surface area contributed by atoms with Crippen LogP contribution in [0.5, 0.6) is 5.75 Å². The Morgan fingerprint density at radius 3 is 2.30 bits per heavy atom. The molecule has 2 radical (unpaired) electrons. The molecule has 53 heavy (non-hydrogen) atoms. The zero-order valence-electron chi connectivity index (χ0n) is 30.4. The highest BCUT2D eigenvalue weighted by molar-refractivity contribution is 6.55. The molecule has 2 rings (SSSR count). The number of nitrogens with zero attached hydrogens (tertiary/aromatic N) is 1. The zero-order valence-corrected chi connectivity index (χ0v) is 30.4. The number of nitrogens with one attached hydrogen (secondary N) is 1. The molecule has 0 spiro atoms. The van der Waals surface area contributed by atoms with Crippen LogP contribution in [0, 0.1) is 0 Å². The van der Waals surface area contributed by atoms with Crippen molar-refractivity contribution in [3.8, 4) is 5.75 Å². The summed E-state index contributed by atoms with van der Waals surface area (Å²) in [6, 6.07) is 2.13. The molecule has 6 N–H and O–H groups in total. The molecule has 0 bridgehead atoms. The molecule has 0 unspecified atom stereocenters. The monoisotopic (exact) mass is 744 g/mol. The minimum Gasteiger partial charge on any atom is -0.481 e. The summed E-state index contributed by atoms with van der Waals surface area (Å²) >= 11 is 0. The Kier molecular flexibility index (Phi) is 18.9. The first-order valence-corrected chi connectivity index (χ1v) is 17.2. The lowest BCUT2D eigenvalue weighted by Crippen LogP contribution is -2.61. The van der Waals surface area contributed by atoms with Gasteiger partial charge in [-0.3, -0.25) is 19.2 Å². The van der Waals surface area contributed by atoms with Gasteiger partial charge in [0.05, 0.1) is 23.7 Å². The number of aliphatic hydroxyl groups excluding tert-OH is 3. The largest absolute Gasteiger partial charge is 0.481 e. The molecular formula is C36H49BN2O14. The highest BCUT2D eigenvalue weighted by atomic mass is 16.7. The fourth-order valence-corrected chi connectivity index (χ4v) is 5.20. The maximum atomic E-state index is 13.5. The number of hydrogen-bond acceptors (Lipinski definition) is 13. The van der Waals surface area contributed by atoms with Crippen molar-refractivity contribution in [2.75, 3.05) is 6.61 Å². The van der Waals surface area contributed by atoms with E-state index < -0.39 is 79.3 Å². The van der Waals surface area contributed by atoms with Crippen LogP contribution in [0.3, 0.4) is 0 Å². The third-order valence-corrected chi connectivity index (χ3v) is 8.14. The zero-order chi connectivity index (χ0) is 39.7. The summed E-state index contributed by atoms with van der Waals surface area (Å²) in [6.07, 6.45) is -1.74. The first kappa shape index (κ1) is 44.6. The number of aliphatic hydroxyl groups is 3. The van der Waals surface area contributed by atoms with Gasteiger partial charge >= 0.3 is 11.9 Å². The van der Waals surface area contributed by atoms with Gasteiger partial charge in [-0.05, 0) is 77.0 Å². The molecule has 17 heteroatoms. The number of Topliss-reactive ketones (excluding diaryl/α,β-unsaturated/α-hetero) is 1. The number of amides is 1. The summed E-state index contributed by atoms with van der Waals surface area (Å²) in [5, 5.41) is 55.9. The number of benzene rings is 1. The molecular weight excluding hydrogens is 695 g/mol. The lowest BCUT2D eigenvalue weighted by molar-refractivity contribution is -0.271. The number of allylic oxidation sites excluding steroid dienone is 4. The average molecular weight is 745 g/mol. The van der Waals surface area contributed by atoms with E-state index in [1.54, 1.807) is 0 Å². The Morgan fingerprint density at radius 1 is 0.962 bits per heavy atom. The second-order valence-electron chi connectivity index (χ2n) is 12.7. The third-order valence-electron chi connectivity index (χ3n) is 8.14. The van der Waals surface area contributed by atoms with Gasteiger partial charge in [-0.2, -0.15) is 0 Å². The van der Waals surface area contributed by atoms with E-state index in [2.05, 4.69) is 43.4 Å². The van der Waals surface area contributed by atoms with Crippen LogP contribution in [0.15, 0.2) is 46.7 Å². The molecule has 290 valence electrons. The number of rotatable bonds is 22. The number of hydrogen-bond donors (Lipinski definition) is 6. The minimum absolute atomic E-state index is 0.0518. The second-order valence-corrected chi connectivity index (χ2v) is 12.7. The van der Waals surface area contributed by atoms with E-state index in [9.17, 15) is 49.5 Å². The van der Waals surface area contributed by atoms with Crippen LogP contribution < -0.4 is 10.1 Å². The van der Waals surface area contributed by atoms with Crippen LogP contribution in [0.25, 0.3) is 0 Å². The van der Waals surface area contributed by atoms with Crippen molar-refractivity contribution in [3.63, 3.8) is 0 Å². The molecule has 0 aromatic heterocycles. The summed E-state index contributed by atoms with van der Waals surface area (Å²) < 4.78 is 15.5. The van der Waals surface area contributed by atoms with E-state index >= 15 is 0 Å². The third kappa shape index (κ3) is 15.5. The number of carbonyl (C=O) groups is 5. The van der Waals surface area contributed by atoms with Crippen molar-refractivity contribution < 1.29 is 68.6 Å². The number of aliphatic carboxylic acids is 2. The molecule has 1 aromatic rings. The normalized spacial score (nSPS) is 21.3. The van der Waals surface area contributed by atoms with Crippen molar-refractivity contribution in [2.45, 2.75) is 122 Å². The molecule has 16 nitrogen and oxygen atoms in total. The van der Waals surface area contributed by atoms with Gasteiger partial charge in [0, 0.05) is 6.42 Å². The van der Waals surface area contributed by atoms with Gasteiger partial charge < -0.3 is 49.9 Å². The van der Waals surface area contributed by atoms with Gasteiger partial charge in [0.2, 0.25) is 20.0 Å². The van der Waals surface area contributed by atoms with Crippen molar-refractivity contribution >= 4 is 43.1 Å². The number of carbonyl (C=O) groups excluding carboxylic acids is 3. The maximum Gasteiger partial charge on any atom is 0.335 e. The van der Waals surface area contributed by atoms with Crippen LogP contribution in [0.4, 0.5) is 4.79 Å². The predicted octanol–water partition coefficient (Wildman–Crippen LogP) is 2.94. The van der Waals surface area contributed by atoms with E-state index in [4.69, 9.17) is 26.9 Å². The quantitative estimate of drug-likeness (QED) is 0.0329. The summed E-state index contributed by atoms with van der Waals surface area (Å²) in [5.41, 5.74) is 3.20. The SMILES string of the molecule is [B]C(=O)OCc1ccc(O[C@@H]2O[C@H](C(=O)O)[C@@H](O)[C@H](O)[C@H]2O)c(C(=O)N[C@@H](CC(=O)O)C(=O)CCCO/N=C(\C)CC/C(C)=C/CC/C(C)=C/CC)c1. The standard InChI is InChI=1S/C36H49BN2O14/c1-5-8-20(2)9-6-10-21(3)12-13-22(4)39-51-16-7-11-26(40)25(18-28(41)42)38-33(46)24-17-23(19-50-36(37)49)14-15-27(24)52-35-31(45)29(43)30(44)32(53-35)34(47)48/h8,10,14-15,17,25,29-32,35,43-45H,5-7,9,11-13,16,18-19H2,1-4H3,(H,38,46)(H,41,42)(H,47,48)/b20-8+,21-10+,39-22+/t25-,29-,30-,31+,32-,35+/m0/s1. The number of carboxylic acids is 2. The molecule has 1 saturated heterocycles. The molecule has 1 aliphatic rings. The van der Waals surface area contributed by atoms with Crippen LogP contribution in [-0.4, -0.2) is 112 Å². The smallest absolute Gasteiger partial charge is 0.335 e. The molecule has 6 atom stereocenters. The summed E-state index contributed by atoms with van der Waals surface area (Å²) in [5.74, 6) is -6.20. The predicted molar refractivity (Wildman–Crippen MR) is 190 cm³/mol. The number of ether oxygens (including phenoxy) is 3. The van der Waals surface area contributed by atoms with Gasteiger partial charge in [0.1, 0.15) is 37.3 Å². The first-order valence-electron chi connectivity index (χ1n) is 17.2. The van der Waals surface area contributed by atoms with Gasteiger partial charge in [-0.1, -0.05) is 41.4 Å². The fraction of sp³-hybridized carbons (Fsp3) is 0.556. The molecule has 1 amide bonds. The number of ketones is 1. The molecule has 1 aliphatic heterocycles. The highest BCUT2D eigenvalue weighted by Crippen LogP contribution is 2.28. The van der Waals surface area contributed by atoms with Gasteiger partial charge in [-0.15, -0.1) is 0 Å². The van der Waals surface area contributed by atoms with E-state index in [0.717, 1.165) is 43.5 Å². The van der Waals surface area contributed by atoms with Crippen molar-refractivity contribution in [3.05, 3.63) is 52.6 Å². The van der Waals surface area contributed by atoms with Gasteiger partial charge in [0.15, 0.2) is 11.9 Å². The van der Waals surface area contributed by atoms with Crippen molar-refractivity contribution in [1.82, 2.24) is 5.32 Å². The number of carboxylic acid groups (broad SMARTS) is 2. The Labute approximate surface area is 309 Å². The van der Waals surface area contributed by atoms with Crippen LogP contribution in [0.2, 0.25) is 0 Å². The van der Waals surface area contributed by atoms with Crippen LogP contribution in [0.1, 0.15) is 95.0 Å². The lowest BCUT2D eigenvalue weighted by Gasteiger charge is -2.38. The second kappa shape index (κ2) is 22.5. The Hall–Kier alpha value is -4.58.